The topological polar surface area (TPSA) is 78.6 Å². The van der Waals surface area contributed by atoms with E-state index in [9.17, 15) is 9.59 Å². The number of benzene rings is 1. The smallest absolute Gasteiger partial charge is 0.268 e. The molecule has 2 aliphatic rings. The zero-order valence-electron chi connectivity index (χ0n) is 16.7. The van der Waals surface area contributed by atoms with Gasteiger partial charge in [-0.2, -0.15) is 0 Å². The van der Waals surface area contributed by atoms with Gasteiger partial charge in [0.1, 0.15) is 5.56 Å². The van der Waals surface area contributed by atoms with Crippen LogP contribution in [0, 0.1) is 6.92 Å². The molecule has 2 aromatic heterocycles. The third-order valence-electron chi connectivity index (χ3n) is 5.77. The number of rotatable bonds is 4. The first-order valence-electron chi connectivity index (χ1n) is 10.0. The summed E-state index contributed by atoms with van der Waals surface area (Å²) in [4.78, 5) is 32.7. The normalized spacial score (nSPS) is 17.5. The zero-order chi connectivity index (χ0) is 20.7. The van der Waals surface area contributed by atoms with E-state index in [1.165, 1.54) is 4.57 Å². The van der Waals surface area contributed by atoms with Gasteiger partial charge < -0.3 is 18.9 Å². The number of carbonyl (C=O) groups is 1. The number of imidazole rings is 1. The van der Waals surface area contributed by atoms with Crippen LogP contribution in [-0.2, 0) is 6.54 Å². The number of amides is 1. The Bertz CT molecular complexity index is 1150. The van der Waals surface area contributed by atoms with Crippen molar-refractivity contribution in [3.63, 3.8) is 0 Å². The molecular weight excluding hydrogens is 384 g/mol. The van der Waals surface area contributed by atoms with Gasteiger partial charge in [-0.05, 0) is 43.5 Å². The van der Waals surface area contributed by atoms with Gasteiger partial charge >= 0.3 is 0 Å². The van der Waals surface area contributed by atoms with Gasteiger partial charge in [-0.25, -0.2) is 4.98 Å². The van der Waals surface area contributed by atoms with E-state index in [0.29, 0.717) is 35.8 Å². The van der Waals surface area contributed by atoms with Gasteiger partial charge in [0.05, 0.1) is 18.1 Å². The van der Waals surface area contributed by atoms with E-state index in [2.05, 4.69) is 4.98 Å². The van der Waals surface area contributed by atoms with E-state index in [-0.39, 0.29) is 29.9 Å². The molecule has 1 fully saturated rings. The maximum Gasteiger partial charge on any atom is 0.268 e. The van der Waals surface area contributed by atoms with E-state index in [1.807, 2.05) is 15.7 Å². The molecule has 0 aliphatic carbocycles. The van der Waals surface area contributed by atoms with Gasteiger partial charge in [0.2, 0.25) is 6.79 Å². The molecule has 1 unspecified atom stereocenters. The van der Waals surface area contributed by atoms with Gasteiger partial charge in [-0.15, -0.1) is 0 Å². The van der Waals surface area contributed by atoms with Crippen molar-refractivity contribution < 1.29 is 14.3 Å². The highest BCUT2D eigenvalue weighted by Gasteiger charge is 2.32. The molecule has 0 radical (unpaired) electrons. The fraction of sp³-hybridized carbons (Fsp3) is 0.318. The second-order valence-corrected chi connectivity index (χ2v) is 7.64. The van der Waals surface area contributed by atoms with Crippen LogP contribution in [0.3, 0.4) is 0 Å². The standard InChI is InChI=1S/C22H22N4O4/c1-15-6-9-26(16-4-5-18-19(11-16)30-14-29-18)22(28)20(15)21(27)25-8-2-3-17(25)12-24-10-7-23-13-24/h4-7,9-11,13,17H,2-3,8,12,14H2,1H3. The first kappa shape index (κ1) is 18.5. The summed E-state index contributed by atoms with van der Waals surface area (Å²) >= 11 is 0. The van der Waals surface area contributed by atoms with Crippen LogP contribution in [0.15, 0.2) is 54.0 Å². The van der Waals surface area contributed by atoms with Crippen molar-refractivity contribution in [1.82, 2.24) is 19.0 Å². The molecule has 1 saturated heterocycles. The lowest BCUT2D eigenvalue weighted by Gasteiger charge is -2.25. The summed E-state index contributed by atoms with van der Waals surface area (Å²) in [6, 6.07) is 7.17. The van der Waals surface area contributed by atoms with E-state index in [4.69, 9.17) is 9.47 Å². The maximum absolute atomic E-state index is 13.4. The van der Waals surface area contributed by atoms with Gasteiger partial charge in [0.15, 0.2) is 11.5 Å². The number of fused-ring (bicyclic) bond motifs is 1. The van der Waals surface area contributed by atoms with Crippen molar-refractivity contribution in [1.29, 1.82) is 0 Å². The lowest BCUT2D eigenvalue weighted by molar-refractivity contribution is 0.0721. The molecule has 8 heteroatoms. The Morgan fingerprint density at radius 1 is 1.20 bits per heavy atom. The average molecular weight is 406 g/mol. The maximum atomic E-state index is 13.4. The predicted molar refractivity (Wildman–Crippen MR) is 109 cm³/mol. The Morgan fingerprint density at radius 2 is 2.07 bits per heavy atom. The number of aryl methyl sites for hydroxylation is 1. The predicted octanol–water partition coefficient (Wildman–Crippen LogP) is 2.38. The van der Waals surface area contributed by atoms with Gasteiger partial charge in [0, 0.05) is 37.7 Å². The zero-order valence-corrected chi connectivity index (χ0v) is 16.7. The molecule has 0 N–H and O–H groups in total. The van der Waals surface area contributed by atoms with Crippen molar-refractivity contribution in [2.45, 2.75) is 32.4 Å². The fourth-order valence-corrected chi connectivity index (χ4v) is 4.20. The molecule has 8 nitrogen and oxygen atoms in total. The number of nitrogens with zero attached hydrogens (tertiary/aromatic N) is 4. The van der Waals surface area contributed by atoms with Crippen LogP contribution < -0.4 is 15.0 Å². The first-order chi connectivity index (χ1) is 14.6. The van der Waals surface area contributed by atoms with Crippen molar-refractivity contribution in [2.24, 2.45) is 0 Å². The monoisotopic (exact) mass is 406 g/mol. The van der Waals surface area contributed by atoms with Gasteiger partial charge in [-0.1, -0.05) is 0 Å². The van der Waals surface area contributed by atoms with Gasteiger partial charge in [-0.3, -0.25) is 14.2 Å². The molecule has 2 aliphatic heterocycles. The third-order valence-corrected chi connectivity index (χ3v) is 5.77. The lowest BCUT2D eigenvalue weighted by Crippen LogP contribution is -2.41. The minimum Gasteiger partial charge on any atom is -0.454 e. The van der Waals surface area contributed by atoms with Crippen molar-refractivity contribution in [3.05, 3.63) is 70.7 Å². The average Bonchev–Trinajstić information content (AvgIpc) is 3.50. The summed E-state index contributed by atoms with van der Waals surface area (Å²) in [5.41, 5.74) is 1.20. The number of likely N-dealkylation sites (tertiary alicyclic amines) is 1. The Balaban J connectivity index is 1.49. The molecule has 0 bridgehead atoms. The summed E-state index contributed by atoms with van der Waals surface area (Å²) < 4.78 is 14.2. The molecule has 5 rings (SSSR count). The second kappa shape index (κ2) is 7.37. The number of ether oxygens (including phenoxy) is 2. The Kier molecular flexibility index (Phi) is 4.54. The van der Waals surface area contributed by atoms with Crippen molar-refractivity contribution in [2.75, 3.05) is 13.3 Å². The van der Waals surface area contributed by atoms with Crippen LogP contribution in [0.25, 0.3) is 5.69 Å². The number of aromatic nitrogens is 3. The molecule has 1 atom stereocenters. The van der Waals surface area contributed by atoms with Crippen LogP contribution in [0.5, 0.6) is 11.5 Å². The SMILES string of the molecule is Cc1ccn(-c2ccc3c(c2)OCO3)c(=O)c1C(=O)N1CCCC1Cn1ccnc1. The highest BCUT2D eigenvalue weighted by molar-refractivity contribution is 5.95. The number of hydrogen-bond acceptors (Lipinski definition) is 5. The first-order valence-corrected chi connectivity index (χ1v) is 10.0. The van der Waals surface area contributed by atoms with Crippen LogP contribution in [0.4, 0.5) is 0 Å². The van der Waals surface area contributed by atoms with E-state index in [0.717, 1.165) is 12.8 Å². The van der Waals surface area contributed by atoms with Crippen LogP contribution in [0.1, 0.15) is 28.8 Å². The molecule has 0 spiro atoms. The highest BCUT2D eigenvalue weighted by Crippen LogP contribution is 2.33. The fourth-order valence-electron chi connectivity index (χ4n) is 4.20. The Labute approximate surface area is 173 Å². The van der Waals surface area contributed by atoms with Crippen molar-refractivity contribution in [3.8, 4) is 17.2 Å². The van der Waals surface area contributed by atoms with Gasteiger partial charge in [0.25, 0.3) is 11.5 Å². The molecule has 1 aromatic carbocycles. The minimum absolute atomic E-state index is 0.0460. The van der Waals surface area contributed by atoms with Crippen molar-refractivity contribution >= 4 is 5.91 Å². The Morgan fingerprint density at radius 3 is 2.90 bits per heavy atom. The quantitative estimate of drug-likeness (QED) is 0.665. The molecular formula is C22H22N4O4. The van der Waals surface area contributed by atoms with E-state index < -0.39 is 0 Å². The highest BCUT2D eigenvalue weighted by atomic mass is 16.7. The molecule has 30 heavy (non-hydrogen) atoms. The summed E-state index contributed by atoms with van der Waals surface area (Å²) in [7, 11) is 0. The van der Waals surface area contributed by atoms with E-state index >= 15 is 0 Å². The number of hydrogen-bond donors (Lipinski definition) is 0. The molecule has 154 valence electrons. The molecule has 0 saturated carbocycles. The third kappa shape index (κ3) is 3.14. The second-order valence-electron chi connectivity index (χ2n) is 7.64. The molecule has 4 heterocycles. The largest absolute Gasteiger partial charge is 0.454 e. The molecule has 3 aromatic rings. The van der Waals surface area contributed by atoms with E-state index in [1.54, 1.807) is 49.9 Å². The Hall–Kier alpha value is -3.55. The lowest BCUT2D eigenvalue weighted by atomic mass is 10.1. The van der Waals surface area contributed by atoms with Crippen LogP contribution >= 0.6 is 0 Å². The number of carbonyl (C=O) groups excluding carboxylic acids is 1. The van der Waals surface area contributed by atoms with Crippen LogP contribution in [0.2, 0.25) is 0 Å². The summed E-state index contributed by atoms with van der Waals surface area (Å²) in [6.07, 6.45) is 8.90. The summed E-state index contributed by atoms with van der Waals surface area (Å²) in [5, 5.41) is 0. The summed E-state index contributed by atoms with van der Waals surface area (Å²) in [6.45, 7) is 3.29. The minimum atomic E-state index is -0.327. The number of pyridine rings is 1. The molecule has 1 amide bonds. The van der Waals surface area contributed by atoms with Crippen LogP contribution in [-0.4, -0.2) is 44.3 Å². The summed E-state index contributed by atoms with van der Waals surface area (Å²) in [5.74, 6) is 1.03.